The Hall–Kier alpha value is -1.02. The first-order valence-corrected chi connectivity index (χ1v) is 7.76. The van der Waals surface area contributed by atoms with Crippen molar-refractivity contribution >= 4 is 0 Å². The minimum Gasteiger partial charge on any atom is -0.494 e. The Kier molecular flexibility index (Phi) is 6.22. The lowest BCUT2D eigenvalue weighted by Gasteiger charge is -2.22. The highest BCUT2D eigenvalue weighted by atomic mass is 16.5. The second-order valence-corrected chi connectivity index (χ2v) is 5.45. The Labute approximate surface area is 117 Å². The maximum absolute atomic E-state index is 5.77. The van der Waals surface area contributed by atoms with E-state index in [2.05, 4.69) is 36.5 Å². The van der Waals surface area contributed by atoms with E-state index in [0.29, 0.717) is 5.92 Å². The largest absolute Gasteiger partial charge is 0.494 e. The highest BCUT2D eigenvalue weighted by molar-refractivity contribution is 5.29. The van der Waals surface area contributed by atoms with Crippen LogP contribution in [-0.2, 0) is 0 Å². The molecule has 0 N–H and O–H groups in total. The summed E-state index contributed by atoms with van der Waals surface area (Å²) >= 11 is 0. The van der Waals surface area contributed by atoms with Crippen LogP contribution in [0.5, 0.6) is 5.75 Å². The van der Waals surface area contributed by atoms with E-state index < -0.39 is 0 Å². The molecule has 1 fully saturated rings. The van der Waals surface area contributed by atoms with E-state index in [-0.39, 0.29) is 0 Å². The van der Waals surface area contributed by atoms with Crippen LogP contribution in [0.3, 0.4) is 0 Å². The summed E-state index contributed by atoms with van der Waals surface area (Å²) in [5.74, 6) is 1.64. The first-order chi connectivity index (χ1) is 9.40. The highest BCUT2D eigenvalue weighted by Gasteiger charge is 2.15. The van der Waals surface area contributed by atoms with Gasteiger partial charge in [0.05, 0.1) is 6.61 Å². The summed E-state index contributed by atoms with van der Waals surface area (Å²) in [5, 5.41) is 4.50. The molecule has 1 radical (unpaired) electrons. The molecule has 1 heterocycles. The zero-order chi connectivity index (χ0) is 13.3. The van der Waals surface area contributed by atoms with E-state index in [1.165, 1.54) is 37.7 Å². The Bertz CT molecular complexity index is 341. The Morgan fingerprint density at radius 3 is 2.68 bits per heavy atom. The second-order valence-electron chi connectivity index (χ2n) is 5.45. The Balaban J connectivity index is 1.74. The van der Waals surface area contributed by atoms with Crippen molar-refractivity contribution in [3.05, 3.63) is 29.8 Å². The molecule has 1 aliphatic heterocycles. The van der Waals surface area contributed by atoms with Gasteiger partial charge in [-0.1, -0.05) is 38.3 Å². The molecule has 0 amide bonds. The molecule has 0 aliphatic carbocycles. The standard InChI is InChI=1S/C17H26NO/c1-2-3-4-5-13-19-17-10-8-15(9-11-17)16-7-6-12-18-14-16/h8-11,16H,2-7,12-14H2,1H3. The Morgan fingerprint density at radius 1 is 1.16 bits per heavy atom. The summed E-state index contributed by atoms with van der Waals surface area (Å²) in [6, 6.07) is 8.66. The zero-order valence-electron chi connectivity index (χ0n) is 12.1. The minimum absolute atomic E-state index is 0.632. The normalized spacial score (nSPS) is 19.3. The fourth-order valence-electron chi connectivity index (χ4n) is 2.62. The smallest absolute Gasteiger partial charge is 0.119 e. The molecule has 0 saturated carbocycles. The van der Waals surface area contributed by atoms with Crippen molar-refractivity contribution in [2.45, 2.75) is 51.4 Å². The van der Waals surface area contributed by atoms with Crippen LogP contribution in [0.15, 0.2) is 24.3 Å². The van der Waals surface area contributed by atoms with Crippen LogP contribution < -0.4 is 10.1 Å². The van der Waals surface area contributed by atoms with Crippen LogP contribution in [-0.4, -0.2) is 19.7 Å². The highest BCUT2D eigenvalue weighted by Crippen LogP contribution is 2.25. The van der Waals surface area contributed by atoms with Gasteiger partial charge in [-0.15, -0.1) is 0 Å². The van der Waals surface area contributed by atoms with Gasteiger partial charge in [0, 0.05) is 13.1 Å². The predicted octanol–water partition coefficient (Wildman–Crippen LogP) is 4.13. The molecule has 1 aliphatic rings. The second kappa shape index (κ2) is 8.21. The molecule has 1 unspecified atom stereocenters. The van der Waals surface area contributed by atoms with Gasteiger partial charge < -0.3 is 4.74 Å². The quantitative estimate of drug-likeness (QED) is 0.676. The van der Waals surface area contributed by atoms with E-state index >= 15 is 0 Å². The number of hydrogen-bond donors (Lipinski definition) is 0. The van der Waals surface area contributed by atoms with E-state index in [4.69, 9.17) is 4.74 Å². The minimum atomic E-state index is 0.632. The van der Waals surface area contributed by atoms with Gasteiger partial charge in [-0.05, 0) is 42.9 Å². The van der Waals surface area contributed by atoms with Crippen molar-refractivity contribution in [2.75, 3.05) is 19.7 Å². The summed E-state index contributed by atoms with van der Waals surface area (Å²) in [6.45, 7) is 5.13. The van der Waals surface area contributed by atoms with Crippen LogP contribution in [0.25, 0.3) is 0 Å². The Morgan fingerprint density at radius 2 is 2.00 bits per heavy atom. The van der Waals surface area contributed by atoms with E-state index in [0.717, 1.165) is 31.9 Å². The number of piperidine rings is 1. The fraction of sp³-hybridized carbons (Fsp3) is 0.647. The molecule has 1 aromatic rings. The number of rotatable bonds is 7. The fourth-order valence-corrected chi connectivity index (χ4v) is 2.62. The van der Waals surface area contributed by atoms with Crippen molar-refractivity contribution in [3.8, 4) is 5.75 Å². The monoisotopic (exact) mass is 260 g/mol. The van der Waals surface area contributed by atoms with Crippen molar-refractivity contribution in [1.29, 1.82) is 0 Å². The molecule has 2 heteroatoms. The van der Waals surface area contributed by atoms with Crippen LogP contribution in [0.1, 0.15) is 56.9 Å². The molecular formula is C17H26NO. The third-order valence-corrected chi connectivity index (χ3v) is 3.84. The maximum Gasteiger partial charge on any atom is 0.119 e. The van der Waals surface area contributed by atoms with Crippen LogP contribution >= 0.6 is 0 Å². The van der Waals surface area contributed by atoms with Gasteiger partial charge >= 0.3 is 0 Å². The van der Waals surface area contributed by atoms with E-state index in [1.807, 2.05) is 0 Å². The van der Waals surface area contributed by atoms with E-state index in [1.54, 1.807) is 0 Å². The summed E-state index contributed by atoms with van der Waals surface area (Å²) < 4.78 is 5.77. The predicted molar refractivity (Wildman–Crippen MR) is 79.9 cm³/mol. The molecule has 105 valence electrons. The van der Waals surface area contributed by atoms with Gasteiger partial charge in [0.1, 0.15) is 5.75 Å². The molecule has 0 bridgehead atoms. The van der Waals surface area contributed by atoms with Crippen LogP contribution in [0, 0.1) is 0 Å². The number of unbranched alkanes of at least 4 members (excludes halogenated alkanes) is 3. The number of ether oxygens (including phenoxy) is 1. The molecular weight excluding hydrogens is 234 g/mol. The van der Waals surface area contributed by atoms with Gasteiger partial charge in [-0.2, -0.15) is 0 Å². The van der Waals surface area contributed by atoms with Crippen LogP contribution in [0.2, 0.25) is 0 Å². The van der Waals surface area contributed by atoms with Crippen LogP contribution in [0.4, 0.5) is 0 Å². The first-order valence-electron chi connectivity index (χ1n) is 7.76. The van der Waals surface area contributed by atoms with Gasteiger partial charge in [0.25, 0.3) is 0 Å². The third kappa shape index (κ3) is 4.87. The topological polar surface area (TPSA) is 23.3 Å². The van der Waals surface area contributed by atoms with Gasteiger partial charge in [-0.25, -0.2) is 5.32 Å². The molecule has 0 aromatic heterocycles. The maximum atomic E-state index is 5.77. The lowest BCUT2D eigenvalue weighted by Crippen LogP contribution is -2.22. The number of nitrogens with zero attached hydrogens (tertiary/aromatic N) is 1. The first kappa shape index (κ1) is 14.4. The van der Waals surface area contributed by atoms with E-state index in [9.17, 15) is 0 Å². The molecule has 19 heavy (non-hydrogen) atoms. The molecule has 1 aromatic carbocycles. The van der Waals surface area contributed by atoms with Crippen molar-refractivity contribution < 1.29 is 4.74 Å². The van der Waals surface area contributed by atoms with Crippen molar-refractivity contribution in [2.24, 2.45) is 0 Å². The SMILES string of the molecule is CCCCCCOc1ccc(C2CCC[N]C2)cc1. The summed E-state index contributed by atoms with van der Waals surface area (Å²) in [7, 11) is 0. The molecule has 1 atom stereocenters. The molecule has 2 nitrogen and oxygen atoms in total. The lowest BCUT2D eigenvalue weighted by atomic mass is 9.92. The van der Waals surface area contributed by atoms with Crippen molar-refractivity contribution in [1.82, 2.24) is 5.32 Å². The number of benzene rings is 1. The summed E-state index contributed by atoms with van der Waals surface area (Å²) in [6.07, 6.45) is 7.55. The van der Waals surface area contributed by atoms with Crippen molar-refractivity contribution in [3.63, 3.8) is 0 Å². The zero-order valence-corrected chi connectivity index (χ0v) is 12.1. The molecule has 0 spiro atoms. The van der Waals surface area contributed by atoms with Gasteiger partial charge in [-0.3, -0.25) is 0 Å². The molecule has 2 rings (SSSR count). The van der Waals surface area contributed by atoms with Gasteiger partial charge in [0.15, 0.2) is 0 Å². The lowest BCUT2D eigenvalue weighted by molar-refractivity contribution is 0.305. The average Bonchev–Trinajstić information content (AvgIpc) is 2.49. The summed E-state index contributed by atoms with van der Waals surface area (Å²) in [4.78, 5) is 0. The van der Waals surface area contributed by atoms with Gasteiger partial charge in [0.2, 0.25) is 0 Å². The summed E-state index contributed by atoms with van der Waals surface area (Å²) in [5.41, 5.74) is 1.42. The third-order valence-electron chi connectivity index (χ3n) is 3.84. The molecule has 1 saturated heterocycles. The average molecular weight is 260 g/mol. The number of hydrogen-bond acceptors (Lipinski definition) is 1.